The predicted molar refractivity (Wildman–Crippen MR) is 71.8 cm³/mol. The molecule has 0 saturated heterocycles. The molecule has 1 atom stereocenters. The zero-order valence-corrected chi connectivity index (χ0v) is 11.0. The minimum atomic E-state index is -0.348. The Morgan fingerprint density at radius 2 is 2.30 bits per heavy atom. The van der Waals surface area contributed by atoms with E-state index >= 15 is 0 Å². The van der Waals surface area contributed by atoms with Gasteiger partial charge in [-0.3, -0.25) is 4.79 Å². The van der Waals surface area contributed by atoms with Gasteiger partial charge in [0.2, 0.25) is 0 Å². The van der Waals surface area contributed by atoms with Gasteiger partial charge in [-0.05, 0) is 30.4 Å². The molecule has 1 aliphatic carbocycles. The number of nitrogens with zero attached hydrogens (tertiary/aromatic N) is 2. The lowest BCUT2D eigenvalue weighted by atomic mass is 9.88. The highest BCUT2D eigenvalue weighted by atomic mass is 16.5. The smallest absolute Gasteiger partial charge is 0.316 e. The van der Waals surface area contributed by atoms with Gasteiger partial charge >= 0.3 is 11.8 Å². The lowest BCUT2D eigenvalue weighted by Crippen LogP contribution is -2.31. The van der Waals surface area contributed by atoms with E-state index < -0.39 is 0 Å². The average Bonchev–Trinajstić information content (AvgIpc) is 2.97. The van der Waals surface area contributed by atoms with E-state index in [1.807, 2.05) is 12.1 Å². The number of nitrogens with two attached hydrogens (primary N) is 1. The van der Waals surface area contributed by atoms with Crippen LogP contribution >= 0.6 is 0 Å². The normalized spacial score (nSPS) is 17.6. The van der Waals surface area contributed by atoms with E-state index in [-0.39, 0.29) is 24.4 Å². The number of hydrogen-bond donors (Lipinski definition) is 2. The highest BCUT2D eigenvalue weighted by Crippen LogP contribution is 2.29. The number of carbonyl (C=O) groups is 1. The second-order valence-corrected chi connectivity index (χ2v) is 4.84. The Balaban J connectivity index is 1.77. The van der Waals surface area contributed by atoms with E-state index in [1.165, 1.54) is 11.1 Å². The highest BCUT2D eigenvalue weighted by Gasteiger charge is 2.24. The summed E-state index contributed by atoms with van der Waals surface area (Å²) in [5, 5.41) is 6.57. The van der Waals surface area contributed by atoms with Gasteiger partial charge in [0.1, 0.15) is 0 Å². The van der Waals surface area contributed by atoms with Gasteiger partial charge in [0.15, 0.2) is 5.82 Å². The third-order valence-electron chi connectivity index (χ3n) is 3.52. The van der Waals surface area contributed by atoms with Crippen LogP contribution in [0.2, 0.25) is 0 Å². The van der Waals surface area contributed by atoms with Crippen molar-refractivity contribution in [2.45, 2.75) is 31.8 Å². The van der Waals surface area contributed by atoms with Gasteiger partial charge in [0.05, 0.1) is 12.6 Å². The van der Waals surface area contributed by atoms with Crippen LogP contribution in [-0.2, 0) is 13.0 Å². The number of fused-ring (bicyclic) bond motifs is 1. The molecule has 20 heavy (non-hydrogen) atoms. The van der Waals surface area contributed by atoms with E-state index in [1.54, 1.807) is 0 Å². The summed E-state index contributed by atoms with van der Waals surface area (Å²) in [6.07, 6.45) is 3.03. The first-order chi connectivity index (χ1) is 9.78. The van der Waals surface area contributed by atoms with Crippen molar-refractivity contribution in [1.29, 1.82) is 0 Å². The van der Waals surface area contributed by atoms with Gasteiger partial charge in [0.25, 0.3) is 0 Å². The summed E-state index contributed by atoms with van der Waals surface area (Å²) < 4.78 is 4.89. The zero-order valence-electron chi connectivity index (χ0n) is 11.0. The molecule has 104 valence electrons. The van der Waals surface area contributed by atoms with Crippen LogP contribution in [0.4, 0.5) is 0 Å². The van der Waals surface area contributed by atoms with Gasteiger partial charge in [-0.2, -0.15) is 4.98 Å². The second-order valence-electron chi connectivity index (χ2n) is 4.84. The van der Waals surface area contributed by atoms with Crippen LogP contribution in [0.25, 0.3) is 0 Å². The molecule has 2 aromatic rings. The molecule has 0 fully saturated rings. The van der Waals surface area contributed by atoms with Gasteiger partial charge < -0.3 is 15.6 Å². The van der Waals surface area contributed by atoms with Gasteiger partial charge in [-0.15, -0.1) is 0 Å². The molecule has 3 rings (SSSR count). The monoisotopic (exact) mass is 272 g/mol. The van der Waals surface area contributed by atoms with Crippen molar-refractivity contribution >= 4 is 5.91 Å². The van der Waals surface area contributed by atoms with Crippen LogP contribution in [0.15, 0.2) is 28.8 Å². The maximum Gasteiger partial charge on any atom is 0.316 e. The first kappa shape index (κ1) is 12.8. The molecule has 0 saturated carbocycles. The minimum absolute atomic E-state index is 0.000626. The van der Waals surface area contributed by atoms with Crippen LogP contribution in [-0.4, -0.2) is 16.0 Å². The zero-order chi connectivity index (χ0) is 13.9. The number of rotatable bonds is 3. The van der Waals surface area contributed by atoms with Crippen molar-refractivity contribution in [2.24, 2.45) is 5.73 Å². The van der Waals surface area contributed by atoms with Crippen LogP contribution in [0, 0.1) is 0 Å². The first-order valence-electron chi connectivity index (χ1n) is 6.69. The van der Waals surface area contributed by atoms with E-state index in [0.717, 1.165) is 19.3 Å². The fourth-order valence-corrected chi connectivity index (χ4v) is 2.55. The molecule has 1 aromatic heterocycles. The SMILES string of the molecule is NCc1noc(C(=O)N[C@@H]2CCCc3ccccc32)n1. The van der Waals surface area contributed by atoms with Crippen molar-refractivity contribution in [1.82, 2.24) is 15.5 Å². The molecule has 0 aliphatic heterocycles. The van der Waals surface area contributed by atoms with Gasteiger partial charge in [-0.25, -0.2) is 0 Å². The quantitative estimate of drug-likeness (QED) is 0.879. The number of nitrogens with one attached hydrogen (secondary N) is 1. The lowest BCUT2D eigenvalue weighted by Gasteiger charge is -2.25. The van der Waals surface area contributed by atoms with E-state index in [9.17, 15) is 4.79 Å². The van der Waals surface area contributed by atoms with Crippen LogP contribution < -0.4 is 11.1 Å². The summed E-state index contributed by atoms with van der Waals surface area (Å²) in [5.74, 6) is -0.0494. The van der Waals surface area contributed by atoms with E-state index in [2.05, 4.69) is 27.6 Å². The summed E-state index contributed by atoms with van der Waals surface area (Å²) in [6, 6.07) is 8.17. The van der Waals surface area contributed by atoms with Crippen molar-refractivity contribution in [3.8, 4) is 0 Å². The molecule has 0 bridgehead atoms. The number of benzene rings is 1. The largest absolute Gasteiger partial charge is 0.341 e. The van der Waals surface area contributed by atoms with Gasteiger partial charge in [-0.1, -0.05) is 29.4 Å². The maximum absolute atomic E-state index is 12.1. The third kappa shape index (κ3) is 2.42. The minimum Gasteiger partial charge on any atom is -0.341 e. The van der Waals surface area contributed by atoms with E-state index in [0.29, 0.717) is 5.82 Å². The molecule has 1 heterocycles. The van der Waals surface area contributed by atoms with Crippen molar-refractivity contribution in [3.05, 3.63) is 47.1 Å². The fraction of sp³-hybridized carbons (Fsp3) is 0.357. The number of aryl methyl sites for hydroxylation is 1. The Morgan fingerprint density at radius 1 is 1.45 bits per heavy atom. The van der Waals surface area contributed by atoms with E-state index in [4.69, 9.17) is 10.3 Å². The molecule has 0 spiro atoms. The summed E-state index contributed by atoms with van der Waals surface area (Å²) in [7, 11) is 0. The molecule has 6 heteroatoms. The Labute approximate surface area is 116 Å². The number of aromatic nitrogens is 2. The second kappa shape index (κ2) is 5.42. The molecule has 3 N–H and O–H groups in total. The Hall–Kier alpha value is -2.21. The first-order valence-corrected chi connectivity index (χ1v) is 6.69. The molecule has 0 radical (unpaired) electrons. The summed E-state index contributed by atoms with van der Waals surface area (Å²) in [5.41, 5.74) is 7.86. The van der Waals surface area contributed by atoms with Gasteiger partial charge in [0, 0.05) is 0 Å². The molecule has 1 amide bonds. The van der Waals surface area contributed by atoms with Crippen LogP contribution in [0.3, 0.4) is 0 Å². The molecule has 1 aromatic carbocycles. The predicted octanol–water partition coefficient (Wildman–Crippen LogP) is 1.34. The fourth-order valence-electron chi connectivity index (χ4n) is 2.55. The van der Waals surface area contributed by atoms with Crippen molar-refractivity contribution < 1.29 is 9.32 Å². The topological polar surface area (TPSA) is 94.0 Å². The Morgan fingerprint density at radius 3 is 3.10 bits per heavy atom. The Bertz CT molecular complexity index is 623. The summed E-state index contributed by atoms with van der Waals surface area (Å²) in [6.45, 7) is 0.156. The van der Waals surface area contributed by atoms with Crippen LogP contribution in [0.5, 0.6) is 0 Å². The summed E-state index contributed by atoms with van der Waals surface area (Å²) >= 11 is 0. The van der Waals surface area contributed by atoms with Crippen molar-refractivity contribution in [3.63, 3.8) is 0 Å². The van der Waals surface area contributed by atoms with Crippen LogP contribution in [0.1, 0.15) is 46.5 Å². The number of amides is 1. The molecular formula is C14H16N4O2. The van der Waals surface area contributed by atoms with Crippen molar-refractivity contribution in [2.75, 3.05) is 0 Å². The number of carbonyl (C=O) groups excluding carboxylic acids is 1. The molecule has 1 aliphatic rings. The molecule has 0 unspecified atom stereocenters. The lowest BCUT2D eigenvalue weighted by molar-refractivity contribution is 0.0888. The third-order valence-corrected chi connectivity index (χ3v) is 3.52. The number of hydrogen-bond acceptors (Lipinski definition) is 5. The summed E-state index contributed by atoms with van der Waals surface area (Å²) in [4.78, 5) is 16.0. The average molecular weight is 272 g/mol. The molecular weight excluding hydrogens is 256 g/mol. The molecule has 6 nitrogen and oxygen atoms in total. The highest BCUT2D eigenvalue weighted by molar-refractivity contribution is 5.89. The Kier molecular flexibility index (Phi) is 3.47. The standard InChI is InChI=1S/C14H16N4O2/c15-8-12-17-14(20-18-12)13(19)16-11-7-3-5-9-4-1-2-6-10(9)11/h1-2,4,6,11H,3,5,7-8,15H2,(H,16,19)/t11-/m1/s1. The maximum atomic E-state index is 12.1.